The van der Waals surface area contributed by atoms with Crippen molar-refractivity contribution < 1.29 is 19.0 Å². The van der Waals surface area contributed by atoms with Gasteiger partial charge in [-0.05, 0) is 56.7 Å². The lowest BCUT2D eigenvalue weighted by Gasteiger charge is -2.16. The van der Waals surface area contributed by atoms with E-state index >= 15 is 0 Å². The fraction of sp³-hybridized carbons (Fsp3) is 0.350. The third kappa shape index (κ3) is 6.03. The maximum Gasteiger partial charge on any atom is 0.258 e. The Morgan fingerprint density at radius 2 is 1.72 bits per heavy atom. The van der Waals surface area contributed by atoms with Crippen molar-refractivity contribution in [2.75, 3.05) is 20.3 Å². The predicted octanol–water partition coefficient (Wildman–Crippen LogP) is 3.27. The first kappa shape index (κ1) is 18.6. The van der Waals surface area contributed by atoms with E-state index in [4.69, 9.17) is 14.2 Å². The van der Waals surface area contributed by atoms with Gasteiger partial charge in [0.1, 0.15) is 23.9 Å². The normalized spacial score (nSPS) is 11.5. The van der Waals surface area contributed by atoms with Crippen LogP contribution in [0.2, 0.25) is 0 Å². The number of benzene rings is 2. The second-order valence-corrected chi connectivity index (χ2v) is 6.01. The van der Waals surface area contributed by atoms with Gasteiger partial charge in [0.2, 0.25) is 0 Å². The molecule has 0 unspecified atom stereocenters. The van der Waals surface area contributed by atoms with Gasteiger partial charge >= 0.3 is 0 Å². The summed E-state index contributed by atoms with van der Waals surface area (Å²) in [4.78, 5) is 12.0. The fourth-order valence-corrected chi connectivity index (χ4v) is 2.36. The van der Waals surface area contributed by atoms with Crippen molar-refractivity contribution in [3.8, 4) is 17.2 Å². The van der Waals surface area contributed by atoms with E-state index in [9.17, 15) is 4.79 Å². The molecule has 5 heteroatoms. The van der Waals surface area contributed by atoms with E-state index in [1.807, 2.05) is 63.2 Å². The predicted molar refractivity (Wildman–Crippen MR) is 97.5 cm³/mol. The fourth-order valence-electron chi connectivity index (χ4n) is 2.36. The van der Waals surface area contributed by atoms with Gasteiger partial charge < -0.3 is 19.5 Å². The smallest absolute Gasteiger partial charge is 0.258 e. The van der Waals surface area contributed by atoms with E-state index in [1.165, 1.54) is 5.56 Å². The van der Waals surface area contributed by atoms with Crippen LogP contribution < -0.4 is 19.5 Å². The van der Waals surface area contributed by atoms with Crippen molar-refractivity contribution in [1.82, 2.24) is 5.32 Å². The Balaban J connectivity index is 1.73. The summed E-state index contributed by atoms with van der Waals surface area (Å²) < 4.78 is 16.3. The third-order valence-electron chi connectivity index (χ3n) is 3.66. The molecule has 0 fully saturated rings. The van der Waals surface area contributed by atoms with Crippen LogP contribution in [0.15, 0.2) is 42.5 Å². The van der Waals surface area contributed by atoms with Gasteiger partial charge in [0.15, 0.2) is 6.61 Å². The summed E-state index contributed by atoms with van der Waals surface area (Å²) in [5.41, 5.74) is 2.18. The largest absolute Gasteiger partial charge is 0.497 e. The molecule has 5 nitrogen and oxygen atoms in total. The summed E-state index contributed by atoms with van der Waals surface area (Å²) >= 11 is 0. The van der Waals surface area contributed by atoms with E-state index in [1.54, 1.807) is 7.11 Å². The van der Waals surface area contributed by atoms with Crippen LogP contribution in [-0.4, -0.2) is 32.3 Å². The SMILES string of the molecule is COc1ccc(OC[C@H](C)NC(=O)COc2ccc(C)cc2C)cc1. The van der Waals surface area contributed by atoms with Crippen LogP contribution in [0.3, 0.4) is 0 Å². The zero-order valence-corrected chi connectivity index (χ0v) is 15.2. The molecule has 0 spiro atoms. The molecule has 1 amide bonds. The lowest BCUT2D eigenvalue weighted by molar-refractivity contribution is -0.123. The number of carbonyl (C=O) groups excluding carboxylic acids is 1. The highest BCUT2D eigenvalue weighted by molar-refractivity contribution is 5.77. The van der Waals surface area contributed by atoms with Crippen LogP contribution in [0, 0.1) is 13.8 Å². The Morgan fingerprint density at radius 3 is 2.36 bits per heavy atom. The molecule has 0 saturated heterocycles. The van der Waals surface area contributed by atoms with E-state index < -0.39 is 0 Å². The third-order valence-corrected chi connectivity index (χ3v) is 3.66. The Kier molecular flexibility index (Phi) is 6.69. The molecule has 25 heavy (non-hydrogen) atoms. The van der Waals surface area contributed by atoms with Crippen LogP contribution in [-0.2, 0) is 4.79 Å². The molecule has 0 aliphatic carbocycles. The summed E-state index contributed by atoms with van der Waals surface area (Å²) in [5, 5.41) is 2.86. The highest BCUT2D eigenvalue weighted by atomic mass is 16.5. The van der Waals surface area contributed by atoms with Crippen molar-refractivity contribution in [3.05, 3.63) is 53.6 Å². The molecule has 134 valence electrons. The molecule has 2 aromatic rings. The molecular weight excluding hydrogens is 318 g/mol. The van der Waals surface area contributed by atoms with Crippen LogP contribution in [0.5, 0.6) is 17.2 Å². The molecule has 0 aliphatic heterocycles. The maximum absolute atomic E-state index is 12.0. The molecule has 0 heterocycles. The van der Waals surface area contributed by atoms with E-state index in [0.29, 0.717) is 6.61 Å². The lowest BCUT2D eigenvalue weighted by Crippen LogP contribution is -2.39. The first-order valence-electron chi connectivity index (χ1n) is 8.24. The average molecular weight is 343 g/mol. The topological polar surface area (TPSA) is 56.8 Å². The summed E-state index contributed by atoms with van der Waals surface area (Å²) in [6, 6.07) is 13.1. The molecule has 2 rings (SSSR count). The molecule has 1 N–H and O–H groups in total. The monoisotopic (exact) mass is 343 g/mol. The van der Waals surface area contributed by atoms with Crippen LogP contribution >= 0.6 is 0 Å². The van der Waals surface area contributed by atoms with Crippen molar-refractivity contribution >= 4 is 5.91 Å². The Labute approximate surface area is 148 Å². The van der Waals surface area contributed by atoms with Crippen molar-refractivity contribution in [3.63, 3.8) is 0 Å². The van der Waals surface area contributed by atoms with Crippen LogP contribution in [0.1, 0.15) is 18.1 Å². The number of rotatable bonds is 8. The Morgan fingerprint density at radius 1 is 1.04 bits per heavy atom. The Hall–Kier alpha value is -2.69. The molecule has 2 aromatic carbocycles. The van der Waals surface area contributed by atoms with Gasteiger partial charge in [-0.25, -0.2) is 0 Å². The summed E-state index contributed by atoms with van der Waals surface area (Å²) in [7, 11) is 1.62. The molecule has 0 radical (unpaired) electrons. The number of methoxy groups -OCH3 is 1. The van der Waals surface area contributed by atoms with Gasteiger partial charge in [0.05, 0.1) is 13.2 Å². The van der Waals surface area contributed by atoms with E-state index in [2.05, 4.69) is 5.32 Å². The lowest BCUT2D eigenvalue weighted by atomic mass is 10.1. The standard InChI is InChI=1S/C20H25NO4/c1-14-5-10-19(15(2)11-14)25-13-20(22)21-16(3)12-24-18-8-6-17(23-4)7-9-18/h5-11,16H,12-13H2,1-4H3,(H,21,22)/t16-/m0/s1. The molecule has 0 bridgehead atoms. The number of hydrogen-bond acceptors (Lipinski definition) is 4. The summed E-state index contributed by atoms with van der Waals surface area (Å²) in [6.07, 6.45) is 0. The molecule has 0 aliphatic rings. The van der Waals surface area contributed by atoms with Crippen molar-refractivity contribution in [2.45, 2.75) is 26.8 Å². The number of hydrogen-bond donors (Lipinski definition) is 1. The first-order chi connectivity index (χ1) is 12.0. The second kappa shape index (κ2) is 8.97. The average Bonchev–Trinajstić information content (AvgIpc) is 2.59. The zero-order valence-electron chi connectivity index (χ0n) is 15.2. The number of carbonyl (C=O) groups is 1. The minimum Gasteiger partial charge on any atom is -0.497 e. The second-order valence-electron chi connectivity index (χ2n) is 6.01. The maximum atomic E-state index is 12.0. The van der Waals surface area contributed by atoms with Gasteiger partial charge in [-0.2, -0.15) is 0 Å². The van der Waals surface area contributed by atoms with Crippen molar-refractivity contribution in [1.29, 1.82) is 0 Å². The van der Waals surface area contributed by atoms with Crippen LogP contribution in [0.4, 0.5) is 0 Å². The van der Waals surface area contributed by atoms with Gasteiger partial charge in [0.25, 0.3) is 5.91 Å². The number of nitrogens with one attached hydrogen (secondary N) is 1. The molecule has 1 atom stereocenters. The van der Waals surface area contributed by atoms with Gasteiger partial charge in [-0.1, -0.05) is 17.7 Å². The number of ether oxygens (including phenoxy) is 3. The highest BCUT2D eigenvalue weighted by Crippen LogP contribution is 2.19. The quantitative estimate of drug-likeness (QED) is 0.799. The minimum atomic E-state index is -0.175. The van der Waals surface area contributed by atoms with Crippen LogP contribution in [0.25, 0.3) is 0 Å². The van der Waals surface area contributed by atoms with Crippen molar-refractivity contribution in [2.24, 2.45) is 0 Å². The zero-order chi connectivity index (χ0) is 18.2. The van der Waals surface area contributed by atoms with Gasteiger partial charge in [-0.15, -0.1) is 0 Å². The minimum absolute atomic E-state index is 0.0171. The summed E-state index contributed by atoms with van der Waals surface area (Å²) in [6.45, 7) is 6.23. The van der Waals surface area contributed by atoms with Gasteiger partial charge in [0, 0.05) is 0 Å². The molecule has 0 aromatic heterocycles. The van der Waals surface area contributed by atoms with E-state index in [-0.39, 0.29) is 18.6 Å². The molecule has 0 saturated carbocycles. The first-order valence-corrected chi connectivity index (χ1v) is 8.24. The van der Waals surface area contributed by atoms with E-state index in [0.717, 1.165) is 22.8 Å². The number of amides is 1. The summed E-state index contributed by atoms with van der Waals surface area (Å²) in [5.74, 6) is 2.05. The van der Waals surface area contributed by atoms with Gasteiger partial charge in [-0.3, -0.25) is 4.79 Å². The highest BCUT2D eigenvalue weighted by Gasteiger charge is 2.10. The molecular formula is C20H25NO4. The Bertz CT molecular complexity index is 697. The number of aryl methyl sites for hydroxylation is 2.